The first-order chi connectivity index (χ1) is 11.3. The Labute approximate surface area is 136 Å². The van der Waals surface area contributed by atoms with Crippen LogP contribution in [0.5, 0.6) is 0 Å². The number of ether oxygens (including phenoxy) is 3. The zero-order valence-corrected chi connectivity index (χ0v) is 13.5. The van der Waals surface area contributed by atoms with E-state index < -0.39 is 41.6 Å². The number of methoxy groups -OCH3 is 1. The lowest BCUT2D eigenvalue weighted by atomic mass is 10.1. The van der Waals surface area contributed by atoms with Gasteiger partial charge in [-0.3, -0.25) is 19.1 Å². The number of H-pyrrole nitrogens is 1. The lowest BCUT2D eigenvalue weighted by Crippen LogP contribution is -2.33. The van der Waals surface area contributed by atoms with Gasteiger partial charge in [-0.2, -0.15) is 0 Å². The minimum Gasteiger partial charge on any atom is -0.466 e. The molecule has 1 aromatic heterocycles. The van der Waals surface area contributed by atoms with Crippen LogP contribution in [0.3, 0.4) is 0 Å². The van der Waals surface area contributed by atoms with Gasteiger partial charge >= 0.3 is 17.6 Å². The molecule has 1 fully saturated rings. The van der Waals surface area contributed by atoms with E-state index in [1.807, 2.05) is 0 Å². The van der Waals surface area contributed by atoms with Crippen molar-refractivity contribution in [3.8, 4) is 0 Å². The molecule has 1 aliphatic heterocycles. The summed E-state index contributed by atoms with van der Waals surface area (Å²) in [5.41, 5.74) is -0.765. The van der Waals surface area contributed by atoms with Gasteiger partial charge in [0.15, 0.2) is 0 Å². The van der Waals surface area contributed by atoms with Gasteiger partial charge in [-0.25, -0.2) is 9.59 Å². The van der Waals surface area contributed by atoms with Gasteiger partial charge < -0.3 is 14.2 Å². The number of carbonyl (C=O) groups excluding carboxylic acids is 2. The smallest absolute Gasteiger partial charge is 0.330 e. The molecule has 24 heavy (non-hydrogen) atoms. The molecule has 0 radical (unpaired) electrons. The van der Waals surface area contributed by atoms with E-state index in [1.165, 1.54) is 30.9 Å². The van der Waals surface area contributed by atoms with Crippen molar-refractivity contribution >= 4 is 11.9 Å². The Morgan fingerprint density at radius 1 is 1.42 bits per heavy atom. The molecule has 1 unspecified atom stereocenters. The van der Waals surface area contributed by atoms with Crippen molar-refractivity contribution in [2.45, 2.75) is 38.7 Å². The van der Waals surface area contributed by atoms with E-state index in [1.54, 1.807) is 6.92 Å². The summed E-state index contributed by atoms with van der Waals surface area (Å²) in [6.07, 6.45) is 1.99. The number of esters is 2. The molecule has 2 rings (SSSR count). The molecule has 1 saturated heterocycles. The topological polar surface area (TPSA) is 117 Å². The van der Waals surface area contributed by atoms with Crippen LogP contribution in [0.4, 0.5) is 0 Å². The zero-order chi connectivity index (χ0) is 17.9. The summed E-state index contributed by atoms with van der Waals surface area (Å²) in [7, 11) is 1.23. The van der Waals surface area contributed by atoms with E-state index in [0.717, 1.165) is 6.08 Å². The van der Waals surface area contributed by atoms with E-state index in [0.29, 0.717) is 5.56 Å². The Balaban J connectivity index is 2.28. The minimum absolute atomic E-state index is 0.196. The van der Waals surface area contributed by atoms with Crippen molar-refractivity contribution in [3.05, 3.63) is 44.8 Å². The fourth-order valence-electron chi connectivity index (χ4n) is 2.38. The first-order valence-electron chi connectivity index (χ1n) is 7.22. The second-order valence-electron chi connectivity index (χ2n) is 5.30. The Kier molecular flexibility index (Phi) is 5.35. The number of nitrogens with zero attached hydrogens (tertiary/aromatic N) is 1. The Hall–Kier alpha value is -2.68. The highest BCUT2D eigenvalue weighted by Crippen LogP contribution is 2.30. The number of nitrogens with one attached hydrogen (secondary N) is 1. The molecular weight excluding hydrogens is 320 g/mol. The summed E-state index contributed by atoms with van der Waals surface area (Å²) in [5.74, 6) is -1.09. The number of hydrogen-bond acceptors (Lipinski definition) is 7. The normalized spacial score (nSPS) is 23.4. The molecule has 0 bridgehead atoms. The molecule has 9 heteroatoms. The molecule has 3 atom stereocenters. The first kappa shape index (κ1) is 17.7. The molecule has 1 aliphatic rings. The molecule has 0 spiro atoms. The van der Waals surface area contributed by atoms with Crippen LogP contribution in [0.15, 0.2) is 27.9 Å². The van der Waals surface area contributed by atoms with Gasteiger partial charge in [0.2, 0.25) is 0 Å². The van der Waals surface area contributed by atoms with Crippen molar-refractivity contribution < 1.29 is 23.8 Å². The highest BCUT2D eigenvalue weighted by molar-refractivity contribution is 5.81. The third-order valence-corrected chi connectivity index (χ3v) is 3.51. The number of aryl methyl sites for hydroxylation is 1. The molecule has 9 nitrogen and oxygen atoms in total. The standard InChI is InChI=1S/C15H18N2O7/c1-8-7-17(15(21)16-14(8)20)12-6-11(23-9(2)18)10(24-12)4-5-13(19)22-3/h4-5,7,10-12H,6H2,1-3H3,(H,16,20,21)/t10-,11?,12-/m1/s1. The van der Waals surface area contributed by atoms with Crippen LogP contribution in [0, 0.1) is 6.92 Å². The molecule has 1 aromatic rings. The Morgan fingerprint density at radius 2 is 2.12 bits per heavy atom. The maximum atomic E-state index is 12.0. The van der Waals surface area contributed by atoms with Crippen molar-refractivity contribution in [1.29, 1.82) is 0 Å². The maximum absolute atomic E-state index is 12.0. The monoisotopic (exact) mass is 338 g/mol. The summed E-state index contributed by atoms with van der Waals surface area (Å²) in [4.78, 5) is 48.0. The van der Waals surface area contributed by atoms with Crippen LogP contribution in [0.25, 0.3) is 0 Å². The SMILES string of the molecule is COC(=O)C=C[C@H]1O[C@@H](n2cc(C)c(=O)[nH]c2=O)CC1OC(C)=O. The van der Waals surface area contributed by atoms with Crippen LogP contribution in [0.1, 0.15) is 25.1 Å². The van der Waals surface area contributed by atoms with Crippen LogP contribution in [0.2, 0.25) is 0 Å². The summed E-state index contributed by atoms with van der Waals surface area (Å²) in [6.45, 7) is 2.81. The van der Waals surface area contributed by atoms with Crippen molar-refractivity contribution in [2.24, 2.45) is 0 Å². The molecule has 130 valence electrons. The van der Waals surface area contributed by atoms with Gasteiger partial charge in [-0.05, 0) is 13.0 Å². The summed E-state index contributed by atoms with van der Waals surface area (Å²) < 4.78 is 16.6. The number of hydrogen-bond donors (Lipinski definition) is 1. The van der Waals surface area contributed by atoms with Crippen molar-refractivity contribution in [2.75, 3.05) is 7.11 Å². The zero-order valence-electron chi connectivity index (χ0n) is 13.5. The number of carbonyl (C=O) groups is 2. The van der Waals surface area contributed by atoms with Gasteiger partial charge in [0.25, 0.3) is 5.56 Å². The maximum Gasteiger partial charge on any atom is 0.330 e. The largest absolute Gasteiger partial charge is 0.466 e. The summed E-state index contributed by atoms with van der Waals surface area (Å²) in [5, 5.41) is 0. The van der Waals surface area contributed by atoms with Gasteiger partial charge in [0.05, 0.1) is 7.11 Å². The van der Waals surface area contributed by atoms with Gasteiger partial charge in [0.1, 0.15) is 18.4 Å². The predicted molar refractivity (Wildman–Crippen MR) is 81.3 cm³/mol. The van der Waals surface area contributed by atoms with Gasteiger partial charge in [-0.1, -0.05) is 0 Å². The Bertz CT molecular complexity index is 777. The van der Waals surface area contributed by atoms with E-state index in [2.05, 4.69) is 9.72 Å². The average molecular weight is 338 g/mol. The van der Waals surface area contributed by atoms with E-state index >= 15 is 0 Å². The molecule has 0 saturated carbocycles. The predicted octanol–water partition coefficient (Wildman–Crippen LogP) is -0.207. The van der Waals surface area contributed by atoms with E-state index in [4.69, 9.17) is 9.47 Å². The summed E-state index contributed by atoms with van der Waals surface area (Å²) in [6, 6.07) is 0. The number of aromatic amines is 1. The van der Waals surface area contributed by atoms with Gasteiger partial charge in [0, 0.05) is 31.2 Å². The molecule has 0 aliphatic carbocycles. The third kappa shape index (κ3) is 3.99. The molecule has 0 aromatic carbocycles. The van der Waals surface area contributed by atoms with Crippen LogP contribution in [-0.2, 0) is 23.8 Å². The highest BCUT2D eigenvalue weighted by Gasteiger charge is 2.37. The number of aromatic nitrogens is 2. The van der Waals surface area contributed by atoms with Crippen molar-refractivity contribution in [1.82, 2.24) is 9.55 Å². The molecular formula is C15H18N2O7. The average Bonchev–Trinajstić information content (AvgIpc) is 2.90. The van der Waals surface area contributed by atoms with Crippen LogP contribution >= 0.6 is 0 Å². The fourth-order valence-corrected chi connectivity index (χ4v) is 2.38. The highest BCUT2D eigenvalue weighted by atomic mass is 16.6. The van der Waals surface area contributed by atoms with Crippen LogP contribution in [-0.4, -0.2) is 40.8 Å². The lowest BCUT2D eigenvalue weighted by Gasteiger charge is -2.14. The second-order valence-corrected chi connectivity index (χ2v) is 5.30. The fraction of sp³-hybridized carbons (Fsp3) is 0.467. The van der Waals surface area contributed by atoms with Gasteiger partial charge in [-0.15, -0.1) is 0 Å². The number of rotatable bonds is 4. The minimum atomic E-state index is -0.746. The third-order valence-electron chi connectivity index (χ3n) is 3.51. The molecule has 2 heterocycles. The van der Waals surface area contributed by atoms with E-state index in [-0.39, 0.29) is 6.42 Å². The van der Waals surface area contributed by atoms with Crippen molar-refractivity contribution in [3.63, 3.8) is 0 Å². The van der Waals surface area contributed by atoms with E-state index in [9.17, 15) is 19.2 Å². The Morgan fingerprint density at radius 3 is 2.75 bits per heavy atom. The molecule has 1 N–H and O–H groups in total. The summed E-state index contributed by atoms with van der Waals surface area (Å²) >= 11 is 0. The first-order valence-corrected chi connectivity index (χ1v) is 7.22. The molecule has 0 amide bonds. The quantitative estimate of drug-likeness (QED) is 0.596. The van der Waals surface area contributed by atoms with Crippen LogP contribution < -0.4 is 11.2 Å². The second kappa shape index (κ2) is 7.26. The lowest BCUT2D eigenvalue weighted by molar-refractivity contribution is -0.147.